The smallest absolute Gasteiger partial charge is 0.373 e. The van der Waals surface area contributed by atoms with Gasteiger partial charge in [-0.2, -0.15) is 4.98 Å². The van der Waals surface area contributed by atoms with E-state index >= 15 is 0 Å². The van der Waals surface area contributed by atoms with Gasteiger partial charge in [0.25, 0.3) is 0 Å². The van der Waals surface area contributed by atoms with Gasteiger partial charge in [-0.05, 0) is 35.7 Å². The molecule has 0 unspecified atom stereocenters. The second-order valence-electron chi connectivity index (χ2n) is 7.64. The highest BCUT2D eigenvalue weighted by molar-refractivity contribution is 5.88. The lowest BCUT2D eigenvalue weighted by Crippen LogP contribution is -2.47. The van der Waals surface area contributed by atoms with Crippen molar-refractivity contribution >= 4 is 28.0 Å². The Kier molecular flexibility index (Phi) is 5.43. The first kappa shape index (κ1) is 20.6. The van der Waals surface area contributed by atoms with Gasteiger partial charge >= 0.3 is 11.6 Å². The average molecular weight is 445 g/mol. The summed E-state index contributed by atoms with van der Waals surface area (Å²) in [5.74, 6) is 0.334. The van der Waals surface area contributed by atoms with Gasteiger partial charge in [0.15, 0.2) is 0 Å². The maximum atomic E-state index is 13.2. The summed E-state index contributed by atoms with van der Waals surface area (Å²) in [6.07, 6.45) is 1.29. The minimum Gasteiger partial charge on any atom is -0.433 e. The molecule has 1 fully saturated rings. The van der Waals surface area contributed by atoms with Gasteiger partial charge in [0, 0.05) is 37.3 Å². The molecule has 4 aromatic rings. The number of aromatic nitrogens is 2. The van der Waals surface area contributed by atoms with Gasteiger partial charge in [-0.1, -0.05) is 36.4 Å². The minimum atomic E-state index is -0.498. The van der Waals surface area contributed by atoms with Gasteiger partial charge in [0.1, 0.15) is 17.9 Å². The van der Waals surface area contributed by atoms with Crippen LogP contribution in [0.15, 0.2) is 73.1 Å². The summed E-state index contributed by atoms with van der Waals surface area (Å²) in [6.45, 7) is 2.27. The second kappa shape index (κ2) is 8.70. The topological polar surface area (TPSA) is 84.6 Å². The van der Waals surface area contributed by atoms with Gasteiger partial charge in [-0.3, -0.25) is 10.1 Å². The Labute approximate surface area is 189 Å². The number of piperazine rings is 1. The molecule has 1 aliphatic heterocycles. The first-order chi connectivity index (χ1) is 16.1. The van der Waals surface area contributed by atoms with E-state index in [1.807, 2.05) is 41.3 Å². The highest BCUT2D eigenvalue weighted by Crippen LogP contribution is 2.38. The van der Waals surface area contributed by atoms with Crippen molar-refractivity contribution in [3.8, 4) is 11.6 Å². The summed E-state index contributed by atoms with van der Waals surface area (Å²) in [4.78, 5) is 23.8. The predicted octanol–water partition coefficient (Wildman–Crippen LogP) is 4.80. The van der Waals surface area contributed by atoms with E-state index in [-0.39, 0.29) is 23.2 Å². The monoisotopic (exact) mass is 445 g/mol. The quantitative estimate of drug-likeness (QED) is 0.322. The van der Waals surface area contributed by atoms with E-state index < -0.39 is 4.92 Å². The van der Waals surface area contributed by atoms with E-state index in [0.29, 0.717) is 31.9 Å². The number of nitro groups is 1. The molecule has 0 atom stereocenters. The molecule has 0 bridgehead atoms. The van der Waals surface area contributed by atoms with Crippen LogP contribution in [-0.2, 0) is 0 Å². The van der Waals surface area contributed by atoms with E-state index in [4.69, 9.17) is 4.74 Å². The first-order valence-corrected chi connectivity index (χ1v) is 10.5. The van der Waals surface area contributed by atoms with E-state index in [2.05, 4.69) is 14.9 Å². The van der Waals surface area contributed by atoms with E-state index in [1.54, 1.807) is 18.2 Å². The number of ether oxygens (including phenoxy) is 1. The van der Waals surface area contributed by atoms with Crippen LogP contribution in [0.4, 0.5) is 21.6 Å². The number of hydrogen-bond donors (Lipinski definition) is 0. The fraction of sp³-hybridized carbons (Fsp3) is 0.167. The van der Waals surface area contributed by atoms with Crippen LogP contribution in [0.3, 0.4) is 0 Å². The summed E-state index contributed by atoms with van der Waals surface area (Å²) in [7, 11) is 0. The Bertz CT molecular complexity index is 1300. The van der Waals surface area contributed by atoms with E-state index in [9.17, 15) is 14.5 Å². The summed E-state index contributed by atoms with van der Waals surface area (Å²) >= 11 is 0. The van der Waals surface area contributed by atoms with Crippen LogP contribution in [0.5, 0.6) is 11.6 Å². The molecule has 2 heterocycles. The number of rotatable bonds is 5. The SMILES string of the molecule is O=[N+]([O-])c1c(Oc2cccc3ccccc23)ncnc1N1CCN(c2ccc(F)cc2)CC1. The molecule has 0 radical (unpaired) electrons. The van der Waals surface area contributed by atoms with Gasteiger partial charge < -0.3 is 14.5 Å². The van der Waals surface area contributed by atoms with Crippen LogP contribution in [0.25, 0.3) is 10.8 Å². The van der Waals surface area contributed by atoms with Crippen molar-refractivity contribution in [1.29, 1.82) is 0 Å². The summed E-state index contributed by atoms with van der Waals surface area (Å²) in [5, 5.41) is 13.8. The molecule has 0 spiro atoms. The van der Waals surface area contributed by atoms with Crippen LogP contribution in [0.2, 0.25) is 0 Å². The zero-order valence-electron chi connectivity index (χ0n) is 17.6. The van der Waals surface area contributed by atoms with Gasteiger partial charge in [-0.25, -0.2) is 9.37 Å². The number of anilines is 2. The molecule has 3 aromatic carbocycles. The van der Waals surface area contributed by atoms with Crippen molar-refractivity contribution in [3.05, 3.63) is 89.0 Å². The highest BCUT2D eigenvalue weighted by atomic mass is 19.1. The summed E-state index contributed by atoms with van der Waals surface area (Å²) in [5.41, 5.74) is 0.647. The number of benzene rings is 3. The molecule has 0 amide bonds. The molecular formula is C24H20FN5O3. The fourth-order valence-electron chi connectivity index (χ4n) is 4.04. The van der Waals surface area contributed by atoms with Crippen LogP contribution in [-0.4, -0.2) is 41.1 Å². The minimum absolute atomic E-state index is 0.0951. The third-order valence-corrected chi connectivity index (χ3v) is 5.68. The fourth-order valence-corrected chi connectivity index (χ4v) is 4.04. The van der Waals surface area contributed by atoms with Crippen molar-refractivity contribution < 1.29 is 14.1 Å². The number of fused-ring (bicyclic) bond motifs is 1. The van der Waals surface area contributed by atoms with Gasteiger partial charge in [0.2, 0.25) is 5.82 Å². The number of halogens is 1. The molecule has 9 heteroatoms. The summed E-state index contributed by atoms with van der Waals surface area (Å²) < 4.78 is 19.2. The summed E-state index contributed by atoms with van der Waals surface area (Å²) in [6, 6.07) is 19.5. The van der Waals surface area contributed by atoms with Gasteiger partial charge in [0.05, 0.1) is 4.92 Å². The molecule has 1 aromatic heterocycles. The average Bonchev–Trinajstić information content (AvgIpc) is 2.85. The predicted molar refractivity (Wildman–Crippen MR) is 124 cm³/mol. The Hall–Kier alpha value is -4.27. The maximum Gasteiger partial charge on any atom is 0.373 e. The molecular weight excluding hydrogens is 425 g/mol. The molecule has 0 aliphatic carbocycles. The Morgan fingerprint density at radius 1 is 0.879 bits per heavy atom. The van der Waals surface area contributed by atoms with Crippen molar-refractivity contribution in [2.45, 2.75) is 0 Å². The third-order valence-electron chi connectivity index (χ3n) is 5.68. The van der Waals surface area contributed by atoms with E-state index in [0.717, 1.165) is 16.5 Å². The highest BCUT2D eigenvalue weighted by Gasteiger charge is 2.31. The molecule has 1 aliphatic rings. The lowest BCUT2D eigenvalue weighted by atomic mass is 10.1. The molecule has 0 saturated carbocycles. The number of hydrogen-bond acceptors (Lipinski definition) is 7. The molecule has 33 heavy (non-hydrogen) atoms. The van der Waals surface area contributed by atoms with Crippen molar-refractivity contribution in [2.75, 3.05) is 36.0 Å². The Balaban J connectivity index is 1.42. The Morgan fingerprint density at radius 2 is 1.58 bits per heavy atom. The van der Waals surface area contributed by atoms with Crippen molar-refractivity contribution in [2.24, 2.45) is 0 Å². The largest absolute Gasteiger partial charge is 0.433 e. The second-order valence-corrected chi connectivity index (χ2v) is 7.64. The van der Waals surface area contributed by atoms with Crippen molar-refractivity contribution in [3.63, 3.8) is 0 Å². The number of nitrogens with zero attached hydrogens (tertiary/aromatic N) is 5. The molecule has 0 N–H and O–H groups in total. The normalized spacial score (nSPS) is 13.8. The van der Waals surface area contributed by atoms with Crippen LogP contribution >= 0.6 is 0 Å². The van der Waals surface area contributed by atoms with E-state index in [1.165, 1.54) is 18.5 Å². The van der Waals surface area contributed by atoms with Crippen LogP contribution < -0.4 is 14.5 Å². The zero-order chi connectivity index (χ0) is 22.8. The van der Waals surface area contributed by atoms with Crippen LogP contribution in [0.1, 0.15) is 0 Å². The molecule has 5 rings (SSSR count). The van der Waals surface area contributed by atoms with Crippen molar-refractivity contribution in [1.82, 2.24) is 9.97 Å². The van der Waals surface area contributed by atoms with Gasteiger partial charge in [-0.15, -0.1) is 0 Å². The zero-order valence-corrected chi connectivity index (χ0v) is 17.6. The maximum absolute atomic E-state index is 13.2. The Morgan fingerprint density at radius 3 is 2.33 bits per heavy atom. The first-order valence-electron chi connectivity index (χ1n) is 10.5. The third kappa shape index (κ3) is 4.12. The lowest BCUT2D eigenvalue weighted by molar-refractivity contribution is -0.385. The van der Waals surface area contributed by atoms with Crippen LogP contribution in [0, 0.1) is 15.9 Å². The lowest BCUT2D eigenvalue weighted by Gasteiger charge is -2.36. The molecule has 8 nitrogen and oxygen atoms in total. The standard InChI is InChI=1S/C24H20FN5O3/c25-18-8-10-19(11-9-18)28-12-14-29(15-13-28)23-22(30(31)32)24(27-16-26-23)33-21-7-3-5-17-4-1-2-6-20(17)21/h1-11,16H,12-15H2. The molecule has 1 saturated heterocycles. The molecule has 166 valence electrons.